The third kappa shape index (κ3) is 4.49. The maximum absolute atomic E-state index is 13.0. The molecule has 170 valence electrons. The zero-order chi connectivity index (χ0) is 23.0. The van der Waals surface area contributed by atoms with Gasteiger partial charge in [0, 0.05) is 18.0 Å². The van der Waals surface area contributed by atoms with Crippen molar-refractivity contribution in [3.8, 4) is 0 Å². The van der Waals surface area contributed by atoms with Crippen LogP contribution in [0.5, 0.6) is 0 Å². The fourth-order valence-corrected chi connectivity index (χ4v) is 6.26. The Morgan fingerprint density at radius 2 is 1.78 bits per heavy atom. The Balaban J connectivity index is 1.54. The van der Waals surface area contributed by atoms with Crippen molar-refractivity contribution in [2.75, 3.05) is 23.1 Å². The maximum atomic E-state index is 13.0. The summed E-state index contributed by atoms with van der Waals surface area (Å²) in [6.07, 6.45) is 1.88. The Bertz CT molecular complexity index is 1150. The molecule has 2 heterocycles. The second kappa shape index (κ2) is 8.78. The minimum atomic E-state index is -3.85. The number of sulfonamides is 1. The van der Waals surface area contributed by atoms with E-state index in [1.165, 1.54) is 23.9 Å². The summed E-state index contributed by atoms with van der Waals surface area (Å²) in [4.78, 5) is 28.1. The molecule has 2 N–H and O–H groups in total. The van der Waals surface area contributed by atoms with Gasteiger partial charge >= 0.3 is 0 Å². The molecule has 0 saturated carbocycles. The van der Waals surface area contributed by atoms with Crippen LogP contribution < -0.4 is 10.0 Å². The number of hydrogen-bond acceptors (Lipinski definition) is 5. The first-order valence-corrected chi connectivity index (χ1v) is 13.0. The lowest BCUT2D eigenvalue weighted by atomic mass is 9.99. The molecule has 0 radical (unpaired) electrons. The fraction of sp³-hybridized carbons (Fsp3) is 0.391. The summed E-state index contributed by atoms with van der Waals surface area (Å²) in [7, 11) is -3.85. The molecule has 2 aromatic carbocycles. The van der Waals surface area contributed by atoms with Gasteiger partial charge in [-0.15, -0.1) is 11.8 Å². The van der Waals surface area contributed by atoms with Crippen LogP contribution in [0.15, 0.2) is 46.2 Å². The summed E-state index contributed by atoms with van der Waals surface area (Å²) in [6, 6.07) is 10.2. The topological polar surface area (TPSA) is 95.6 Å². The molecule has 1 fully saturated rings. The zero-order valence-electron chi connectivity index (χ0n) is 18.3. The van der Waals surface area contributed by atoms with E-state index in [0.717, 1.165) is 24.0 Å². The van der Waals surface area contributed by atoms with Crippen molar-refractivity contribution in [1.82, 2.24) is 4.90 Å². The van der Waals surface area contributed by atoms with Crippen molar-refractivity contribution in [1.29, 1.82) is 0 Å². The number of rotatable bonds is 4. The molecule has 32 heavy (non-hydrogen) atoms. The third-order valence-electron chi connectivity index (χ3n) is 6.04. The van der Waals surface area contributed by atoms with Gasteiger partial charge in [-0.3, -0.25) is 14.3 Å². The lowest BCUT2D eigenvalue weighted by molar-refractivity contribution is -0.135. The number of para-hydroxylation sites is 1. The van der Waals surface area contributed by atoms with Crippen molar-refractivity contribution >= 4 is 45.0 Å². The molecule has 4 rings (SSSR count). The number of anilines is 2. The molecule has 9 heteroatoms. The molecule has 2 amide bonds. The van der Waals surface area contributed by atoms with E-state index in [9.17, 15) is 18.0 Å². The molecule has 0 bridgehead atoms. The second-order valence-electron chi connectivity index (χ2n) is 8.53. The number of nitrogens with one attached hydrogen (secondary N) is 2. The van der Waals surface area contributed by atoms with Crippen molar-refractivity contribution in [3.63, 3.8) is 0 Å². The van der Waals surface area contributed by atoms with Crippen LogP contribution in [0.4, 0.5) is 11.4 Å². The van der Waals surface area contributed by atoms with Gasteiger partial charge in [0.25, 0.3) is 10.0 Å². The number of piperidine rings is 1. The van der Waals surface area contributed by atoms with Crippen LogP contribution in [0.3, 0.4) is 0 Å². The average Bonchev–Trinajstić information content (AvgIpc) is 2.75. The third-order valence-corrected chi connectivity index (χ3v) is 8.65. The molecule has 2 aliphatic rings. The van der Waals surface area contributed by atoms with Crippen molar-refractivity contribution in [3.05, 3.63) is 47.5 Å². The molecular weight excluding hydrogens is 446 g/mol. The van der Waals surface area contributed by atoms with Crippen LogP contribution >= 0.6 is 11.8 Å². The fourth-order valence-electron chi connectivity index (χ4n) is 3.98. The van der Waals surface area contributed by atoms with Gasteiger partial charge in [-0.05, 0) is 61.9 Å². The number of aryl methyl sites for hydroxylation is 2. The van der Waals surface area contributed by atoms with Crippen LogP contribution in [-0.4, -0.2) is 43.5 Å². The van der Waals surface area contributed by atoms with Gasteiger partial charge in [-0.2, -0.15) is 0 Å². The van der Waals surface area contributed by atoms with Crippen LogP contribution in [0, 0.1) is 19.8 Å². The maximum Gasteiger partial charge on any atom is 0.261 e. The number of carbonyl (C=O) groups excluding carboxylic acids is 2. The van der Waals surface area contributed by atoms with E-state index < -0.39 is 21.2 Å². The number of benzene rings is 2. The first-order chi connectivity index (χ1) is 15.2. The molecule has 2 aromatic rings. The van der Waals surface area contributed by atoms with E-state index in [0.29, 0.717) is 35.3 Å². The van der Waals surface area contributed by atoms with E-state index in [1.807, 2.05) is 32.0 Å². The summed E-state index contributed by atoms with van der Waals surface area (Å²) in [5, 5.41) is 1.88. The lowest BCUT2D eigenvalue weighted by Crippen LogP contribution is -2.47. The number of hydrogen-bond donors (Lipinski definition) is 2. The highest BCUT2D eigenvalue weighted by Gasteiger charge is 2.37. The van der Waals surface area contributed by atoms with Crippen LogP contribution in [0.2, 0.25) is 0 Å². The van der Waals surface area contributed by atoms with Gasteiger partial charge in [0.2, 0.25) is 11.8 Å². The monoisotopic (exact) mass is 473 g/mol. The molecule has 1 saturated heterocycles. The van der Waals surface area contributed by atoms with E-state index in [1.54, 1.807) is 11.0 Å². The molecule has 0 aliphatic carbocycles. The standard InChI is InChI=1S/C23H27N3O4S2/c1-14-9-11-26(12-10-14)23(28)21-22(27)24-18-13-17(7-8-19(18)31-21)32(29,30)25-20-15(2)5-4-6-16(20)3/h4-8,13-14,21,25H,9-12H2,1-3H3,(H,24,27)/t21-/m1/s1. The highest BCUT2D eigenvalue weighted by molar-refractivity contribution is 8.01. The summed E-state index contributed by atoms with van der Waals surface area (Å²) < 4.78 is 28.6. The highest BCUT2D eigenvalue weighted by Crippen LogP contribution is 2.38. The Morgan fingerprint density at radius 3 is 2.44 bits per heavy atom. The first-order valence-electron chi connectivity index (χ1n) is 10.6. The van der Waals surface area contributed by atoms with Crippen LogP contribution in [0.1, 0.15) is 30.9 Å². The van der Waals surface area contributed by atoms with Crippen molar-refractivity contribution < 1.29 is 18.0 Å². The van der Waals surface area contributed by atoms with Crippen molar-refractivity contribution in [2.24, 2.45) is 5.92 Å². The van der Waals surface area contributed by atoms with Gasteiger partial charge < -0.3 is 10.2 Å². The summed E-state index contributed by atoms with van der Waals surface area (Å²) >= 11 is 1.18. The van der Waals surface area contributed by atoms with Gasteiger partial charge in [-0.25, -0.2) is 8.42 Å². The molecule has 2 aliphatic heterocycles. The van der Waals surface area contributed by atoms with Crippen LogP contribution in [0.25, 0.3) is 0 Å². The number of thioether (sulfide) groups is 1. The quantitative estimate of drug-likeness (QED) is 0.659. The predicted octanol–water partition coefficient (Wildman–Crippen LogP) is 3.78. The van der Waals surface area contributed by atoms with Gasteiger partial charge in [0.05, 0.1) is 16.3 Å². The number of nitrogens with zero attached hydrogens (tertiary/aromatic N) is 1. The Hall–Kier alpha value is -2.52. The normalized spacial score (nSPS) is 19.3. The van der Waals surface area contributed by atoms with Gasteiger partial charge in [-0.1, -0.05) is 25.1 Å². The molecule has 0 aromatic heterocycles. The largest absolute Gasteiger partial charge is 0.341 e. The second-order valence-corrected chi connectivity index (χ2v) is 11.4. The average molecular weight is 474 g/mol. The van der Waals surface area contributed by atoms with Crippen molar-refractivity contribution in [2.45, 2.75) is 48.7 Å². The van der Waals surface area contributed by atoms with E-state index >= 15 is 0 Å². The van der Waals surface area contributed by atoms with Crippen LogP contribution in [-0.2, 0) is 19.6 Å². The minimum absolute atomic E-state index is 0.0506. The summed E-state index contributed by atoms with van der Waals surface area (Å²) in [6.45, 7) is 7.18. The minimum Gasteiger partial charge on any atom is -0.341 e. The SMILES string of the molecule is Cc1cccc(C)c1NS(=O)(=O)c1ccc2c(c1)NC(=O)[C@H](C(=O)N1CCC(C)CC1)S2. The molecule has 1 atom stereocenters. The van der Waals surface area contributed by atoms with E-state index in [4.69, 9.17) is 0 Å². The van der Waals surface area contributed by atoms with Gasteiger partial charge in [0.15, 0.2) is 5.25 Å². The Morgan fingerprint density at radius 1 is 1.12 bits per heavy atom. The molecule has 0 unspecified atom stereocenters. The highest BCUT2D eigenvalue weighted by atomic mass is 32.2. The number of likely N-dealkylation sites (tertiary alicyclic amines) is 1. The zero-order valence-corrected chi connectivity index (χ0v) is 20.0. The number of carbonyl (C=O) groups is 2. The predicted molar refractivity (Wildman–Crippen MR) is 126 cm³/mol. The smallest absolute Gasteiger partial charge is 0.261 e. The van der Waals surface area contributed by atoms with Gasteiger partial charge in [0.1, 0.15) is 0 Å². The summed E-state index contributed by atoms with van der Waals surface area (Å²) in [5.74, 6) is -0.00753. The lowest BCUT2D eigenvalue weighted by Gasteiger charge is -2.33. The molecule has 0 spiro atoms. The number of amides is 2. The molecule has 7 nitrogen and oxygen atoms in total. The summed E-state index contributed by atoms with van der Waals surface area (Å²) in [5.41, 5.74) is 2.60. The Kier molecular flexibility index (Phi) is 6.22. The first kappa shape index (κ1) is 22.7. The van der Waals surface area contributed by atoms with E-state index in [2.05, 4.69) is 17.0 Å². The molecular formula is C23H27N3O4S2. The Labute approximate surface area is 193 Å². The number of fused-ring (bicyclic) bond motifs is 1. The van der Waals surface area contributed by atoms with E-state index in [-0.39, 0.29) is 10.8 Å².